The Labute approximate surface area is 110 Å². The van der Waals surface area contributed by atoms with Gasteiger partial charge in [0.1, 0.15) is 5.60 Å². The van der Waals surface area contributed by atoms with Crippen LogP contribution in [0.5, 0.6) is 11.5 Å². The summed E-state index contributed by atoms with van der Waals surface area (Å²) >= 11 is 0. The molecule has 1 heterocycles. The molecule has 18 heavy (non-hydrogen) atoms. The van der Waals surface area contributed by atoms with E-state index in [2.05, 4.69) is 40.7 Å². The Kier molecular flexibility index (Phi) is 3.08. The summed E-state index contributed by atoms with van der Waals surface area (Å²) in [6.07, 6.45) is 1.02. The number of aryl methyl sites for hydroxylation is 1. The Morgan fingerprint density at radius 1 is 1.22 bits per heavy atom. The highest BCUT2D eigenvalue weighted by atomic mass is 16.5. The Morgan fingerprint density at radius 2 is 1.89 bits per heavy atom. The van der Waals surface area contributed by atoms with Crippen molar-refractivity contribution >= 4 is 0 Å². The van der Waals surface area contributed by atoms with E-state index in [1.54, 1.807) is 0 Å². The third kappa shape index (κ3) is 2.21. The van der Waals surface area contributed by atoms with Crippen LogP contribution < -0.4 is 9.47 Å². The summed E-state index contributed by atoms with van der Waals surface area (Å²) in [5.41, 5.74) is 2.56. The van der Waals surface area contributed by atoms with Crippen LogP contribution in [0, 0.1) is 6.92 Å². The summed E-state index contributed by atoms with van der Waals surface area (Å²) in [5, 5.41) is 0. The maximum absolute atomic E-state index is 6.19. The molecular weight excluding hydrogens is 224 g/mol. The number of rotatable bonds is 2. The summed E-state index contributed by atoms with van der Waals surface area (Å²) in [6, 6.07) is 4.16. The Bertz CT molecular complexity index is 458. The van der Waals surface area contributed by atoms with Gasteiger partial charge in [-0.3, -0.25) is 0 Å². The summed E-state index contributed by atoms with van der Waals surface area (Å²) in [6.45, 7) is 13.7. The van der Waals surface area contributed by atoms with Gasteiger partial charge in [-0.25, -0.2) is 0 Å². The van der Waals surface area contributed by atoms with E-state index in [0.717, 1.165) is 17.9 Å². The number of ether oxygens (including phenoxy) is 2. The Morgan fingerprint density at radius 3 is 2.50 bits per heavy atom. The highest BCUT2D eigenvalue weighted by Gasteiger charge is 2.41. The Balaban J connectivity index is 2.62. The zero-order valence-corrected chi connectivity index (χ0v) is 12.4. The lowest BCUT2D eigenvalue weighted by Crippen LogP contribution is -2.42. The minimum Gasteiger partial charge on any atom is -0.490 e. The fraction of sp³-hybridized carbons (Fsp3) is 0.625. The topological polar surface area (TPSA) is 18.5 Å². The minimum atomic E-state index is -0.143. The number of fused-ring (bicyclic) bond motifs is 1. The minimum absolute atomic E-state index is 0.119. The Hall–Kier alpha value is -1.18. The molecule has 0 N–H and O–H groups in total. The quantitative estimate of drug-likeness (QED) is 0.779. The largest absolute Gasteiger partial charge is 0.490 e. The second-order valence-corrected chi connectivity index (χ2v) is 6.44. The van der Waals surface area contributed by atoms with E-state index in [1.165, 1.54) is 11.1 Å². The lowest BCUT2D eigenvalue weighted by Gasteiger charge is -2.43. The van der Waals surface area contributed by atoms with E-state index in [-0.39, 0.29) is 11.0 Å². The summed E-state index contributed by atoms with van der Waals surface area (Å²) in [4.78, 5) is 0. The second kappa shape index (κ2) is 4.18. The molecule has 0 bridgehead atoms. The zero-order valence-electron chi connectivity index (χ0n) is 12.4. The first kappa shape index (κ1) is 13.3. The van der Waals surface area contributed by atoms with Gasteiger partial charge in [-0.05, 0) is 51.2 Å². The van der Waals surface area contributed by atoms with Gasteiger partial charge in [0.25, 0.3) is 0 Å². The molecule has 0 amide bonds. The van der Waals surface area contributed by atoms with Gasteiger partial charge < -0.3 is 9.47 Å². The van der Waals surface area contributed by atoms with E-state index >= 15 is 0 Å². The number of benzene rings is 1. The molecule has 0 saturated heterocycles. The van der Waals surface area contributed by atoms with E-state index in [0.29, 0.717) is 6.61 Å². The van der Waals surface area contributed by atoms with Crippen LogP contribution in [0.4, 0.5) is 0 Å². The van der Waals surface area contributed by atoms with E-state index in [9.17, 15) is 0 Å². The first-order valence-electron chi connectivity index (χ1n) is 6.73. The molecule has 2 nitrogen and oxygen atoms in total. The molecule has 0 aliphatic carbocycles. The van der Waals surface area contributed by atoms with Crippen molar-refractivity contribution in [2.24, 2.45) is 0 Å². The summed E-state index contributed by atoms with van der Waals surface area (Å²) in [7, 11) is 0. The molecular formula is C16H24O2. The third-order valence-corrected chi connectivity index (χ3v) is 3.55. The van der Waals surface area contributed by atoms with Crippen LogP contribution in [0.3, 0.4) is 0 Å². The van der Waals surface area contributed by atoms with Crippen molar-refractivity contribution in [3.63, 3.8) is 0 Å². The van der Waals surface area contributed by atoms with Crippen LogP contribution in [0.25, 0.3) is 0 Å². The van der Waals surface area contributed by atoms with Crippen molar-refractivity contribution in [2.75, 3.05) is 6.61 Å². The molecule has 2 rings (SSSR count). The predicted octanol–water partition coefficient (Wildman–Crippen LogP) is 4.23. The predicted molar refractivity (Wildman–Crippen MR) is 74.7 cm³/mol. The molecule has 0 unspecified atom stereocenters. The zero-order chi connectivity index (χ0) is 13.6. The van der Waals surface area contributed by atoms with Crippen molar-refractivity contribution in [3.8, 4) is 11.5 Å². The van der Waals surface area contributed by atoms with E-state index in [4.69, 9.17) is 9.47 Å². The van der Waals surface area contributed by atoms with Crippen molar-refractivity contribution in [2.45, 2.75) is 59.0 Å². The van der Waals surface area contributed by atoms with Gasteiger partial charge in [-0.2, -0.15) is 0 Å². The first-order chi connectivity index (χ1) is 8.27. The lowest BCUT2D eigenvalue weighted by molar-refractivity contribution is 0.0488. The third-order valence-electron chi connectivity index (χ3n) is 3.55. The van der Waals surface area contributed by atoms with Crippen LogP contribution in [-0.2, 0) is 5.41 Å². The molecule has 0 saturated carbocycles. The molecule has 0 spiro atoms. The van der Waals surface area contributed by atoms with E-state index < -0.39 is 0 Å². The molecule has 0 radical (unpaired) electrons. The molecule has 0 fully saturated rings. The fourth-order valence-electron chi connectivity index (χ4n) is 3.34. The molecule has 2 heteroatoms. The van der Waals surface area contributed by atoms with E-state index in [1.807, 2.05) is 13.0 Å². The normalized spacial score (nSPS) is 19.9. The average molecular weight is 248 g/mol. The van der Waals surface area contributed by atoms with Gasteiger partial charge in [-0.15, -0.1) is 0 Å². The van der Waals surface area contributed by atoms with Gasteiger partial charge in [0.05, 0.1) is 6.61 Å². The molecule has 1 aromatic rings. The smallest absolute Gasteiger partial charge is 0.165 e. The van der Waals surface area contributed by atoms with Crippen molar-refractivity contribution in [1.29, 1.82) is 0 Å². The summed E-state index contributed by atoms with van der Waals surface area (Å²) in [5.74, 6) is 1.82. The second-order valence-electron chi connectivity index (χ2n) is 6.44. The standard InChI is InChI=1S/C16H24O2/c1-7-17-12-9-8-11(2)13-14(12)18-16(5,6)10-15(13,3)4/h8-9H,7,10H2,1-6H3. The van der Waals surface area contributed by atoms with Gasteiger partial charge >= 0.3 is 0 Å². The number of hydrogen-bond donors (Lipinski definition) is 0. The van der Waals surface area contributed by atoms with Gasteiger partial charge in [0, 0.05) is 5.56 Å². The number of hydrogen-bond acceptors (Lipinski definition) is 2. The highest BCUT2D eigenvalue weighted by Crippen LogP contribution is 2.50. The maximum Gasteiger partial charge on any atom is 0.165 e. The lowest BCUT2D eigenvalue weighted by atomic mass is 9.72. The first-order valence-corrected chi connectivity index (χ1v) is 6.73. The fourth-order valence-corrected chi connectivity index (χ4v) is 3.34. The van der Waals surface area contributed by atoms with Crippen LogP contribution in [0.1, 0.15) is 52.2 Å². The van der Waals surface area contributed by atoms with Gasteiger partial charge in [0.2, 0.25) is 0 Å². The maximum atomic E-state index is 6.19. The van der Waals surface area contributed by atoms with Crippen molar-refractivity contribution in [1.82, 2.24) is 0 Å². The van der Waals surface area contributed by atoms with Crippen LogP contribution >= 0.6 is 0 Å². The van der Waals surface area contributed by atoms with Gasteiger partial charge in [0.15, 0.2) is 11.5 Å². The molecule has 1 aromatic carbocycles. The van der Waals surface area contributed by atoms with Crippen molar-refractivity contribution in [3.05, 3.63) is 23.3 Å². The SMILES string of the molecule is CCOc1ccc(C)c2c1OC(C)(C)CC2(C)C. The highest BCUT2D eigenvalue weighted by molar-refractivity contribution is 5.55. The monoisotopic (exact) mass is 248 g/mol. The average Bonchev–Trinajstić information content (AvgIpc) is 2.18. The summed E-state index contributed by atoms with van der Waals surface area (Å²) < 4.78 is 11.9. The molecule has 100 valence electrons. The van der Waals surface area contributed by atoms with Crippen LogP contribution in [0.15, 0.2) is 12.1 Å². The molecule has 1 aliphatic heterocycles. The molecule has 0 aromatic heterocycles. The van der Waals surface area contributed by atoms with Crippen LogP contribution in [-0.4, -0.2) is 12.2 Å². The van der Waals surface area contributed by atoms with Gasteiger partial charge in [-0.1, -0.05) is 19.9 Å². The molecule has 1 aliphatic rings. The van der Waals surface area contributed by atoms with Crippen molar-refractivity contribution < 1.29 is 9.47 Å². The molecule has 0 atom stereocenters. The van der Waals surface area contributed by atoms with Crippen LogP contribution in [0.2, 0.25) is 0 Å².